The first-order valence-electron chi connectivity index (χ1n) is 8.01. The molecule has 20 heavy (non-hydrogen) atoms. The lowest BCUT2D eigenvalue weighted by Gasteiger charge is -2.37. The molecule has 3 rings (SSSR count). The molecule has 1 aromatic rings. The highest BCUT2D eigenvalue weighted by Crippen LogP contribution is 2.22. The van der Waals surface area contributed by atoms with Crippen molar-refractivity contribution in [1.82, 2.24) is 9.80 Å². The maximum Gasteiger partial charge on any atom is 0.0307 e. The standard InChI is InChI=1S/C17H27N3/c1-14-4-6-15(7-5-14)17(18)8-10-19-11-12-20-9-2-3-16(20)13-19/h4-7,16-17H,2-3,8-13,18H2,1H3. The number of benzene rings is 1. The van der Waals surface area contributed by atoms with E-state index < -0.39 is 0 Å². The van der Waals surface area contributed by atoms with Crippen molar-refractivity contribution >= 4 is 0 Å². The number of piperazine rings is 1. The van der Waals surface area contributed by atoms with Crippen LogP contribution in [-0.4, -0.2) is 48.6 Å². The lowest BCUT2D eigenvalue weighted by molar-refractivity contribution is 0.102. The summed E-state index contributed by atoms with van der Waals surface area (Å²) < 4.78 is 0. The zero-order chi connectivity index (χ0) is 13.9. The van der Waals surface area contributed by atoms with Gasteiger partial charge < -0.3 is 10.6 Å². The lowest BCUT2D eigenvalue weighted by Crippen LogP contribution is -2.50. The van der Waals surface area contributed by atoms with E-state index in [2.05, 4.69) is 41.0 Å². The fraction of sp³-hybridized carbons (Fsp3) is 0.647. The van der Waals surface area contributed by atoms with Gasteiger partial charge in [0, 0.05) is 38.3 Å². The minimum atomic E-state index is 0.178. The number of fused-ring (bicyclic) bond motifs is 1. The van der Waals surface area contributed by atoms with E-state index in [1.54, 1.807) is 0 Å². The van der Waals surface area contributed by atoms with Gasteiger partial charge >= 0.3 is 0 Å². The van der Waals surface area contributed by atoms with Crippen LogP contribution in [0.15, 0.2) is 24.3 Å². The molecule has 110 valence electrons. The summed E-state index contributed by atoms with van der Waals surface area (Å²) in [6.45, 7) is 8.30. The third kappa shape index (κ3) is 3.22. The topological polar surface area (TPSA) is 32.5 Å². The normalized spacial score (nSPS) is 25.6. The van der Waals surface area contributed by atoms with Gasteiger partial charge in [-0.25, -0.2) is 0 Å². The van der Waals surface area contributed by atoms with Crippen molar-refractivity contribution in [2.45, 2.75) is 38.3 Å². The summed E-state index contributed by atoms with van der Waals surface area (Å²) in [6, 6.07) is 9.67. The Morgan fingerprint density at radius 1 is 1.20 bits per heavy atom. The first kappa shape index (κ1) is 14.1. The first-order chi connectivity index (χ1) is 9.72. The van der Waals surface area contributed by atoms with Crippen LogP contribution < -0.4 is 5.73 Å². The molecule has 0 radical (unpaired) electrons. The molecular formula is C17H27N3. The molecule has 3 nitrogen and oxygen atoms in total. The van der Waals surface area contributed by atoms with Crippen LogP contribution in [-0.2, 0) is 0 Å². The monoisotopic (exact) mass is 273 g/mol. The number of hydrogen-bond acceptors (Lipinski definition) is 3. The quantitative estimate of drug-likeness (QED) is 0.912. The predicted molar refractivity (Wildman–Crippen MR) is 83.8 cm³/mol. The van der Waals surface area contributed by atoms with Crippen molar-refractivity contribution in [1.29, 1.82) is 0 Å². The van der Waals surface area contributed by atoms with Crippen molar-refractivity contribution in [2.75, 3.05) is 32.7 Å². The third-order valence-electron chi connectivity index (χ3n) is 4.93. The van der Waals surface area contributed by atoms with Gasteiger partial charge in [0.15, 0.2) is 0 Å². The molecule has 2 N–H and O–H groups in total. The number of aryl methyl sites for hydroxylation is 1. The highest BCUT2D eigenvalue weighted by Gasteiger charge is 2.30. The molecule has 2 heterocycles. The van der Waals surface area contributed by atoms with E-state index in [0.717, 1.165) is 19.0 Å². The van der Waals surface area contributed by atoms with Crippen LogP contribution in [0.5, 0.6) is 0 Å². The largest absolute Gasteiger partial charge is 0.324 e. The average Bonchev–Trinajstić information content (AvgIpc) is 2.93. The summed E-state index contributed by atoms with van der Waals surface area (Å²) in [7, 11) is 0. The number of nitrogens with two attached hydrogens (primary N) is 1. The van der Waals surface area contributed by atoms with E-state index in [0.29, 0.717) is 0 Å². The summed E-state index contributed by atoms with van der Waals surface area (Å²) >= 11 is 0. The maximum atomic E-state index is 6.33. The summed E-state index contributed by atoms with van der Waals surface area (Å²) in [6.07, 6.45) is 3.84. The van der Waals surface area contributed by atoms with Crippen molar-refractivity contribution in [3.63, 3.8) is 0 Å². The molecular weight excluding hydrogens is 246 g/mol. The molecule has 2 atom stereocenters. The second-order valence-corrected chi connectivity index (χ2v) is 6.44. The molecule has 0 bridgehead atoms. The van der Waals surface area contributed by atoms with Crippen LogP contribution in [0, 0.1) is 6.92 Å². The van der Waals surface area contributed by atoms with E-state index in [9.17, 15) is 0 Å². The molecule has 2 aliphatic heterocycles. The van der Waals surface area contributed by atoms with Gasteiger partial charge in [-0.15, -0.1) is 0 Å². The molecule has 2 saturated heterocycles. The van der Waals surface area contributed by atoms with E-state index in [1.807, 2.05) is 0 Å². The highest BCUT2D eigenvalue weighted by molar-refractivity contribution is 5.23. The zero-order valence-electron chi connectivity index (χ0n) is 12.6. The fourth-order valence-corrected chi connectivity index (χ4v) is 3.56. The highest BCUT2D eigenvalue weighted by atomic mass is 15.3. The Bertz CT molecular complexity index is 428. The summed E-state index contributed by atoms with van der Waals surface area (Å²) in [5.41, 5.74) is 8.91. The van der Waals surface area contributed by atoms with Gasteiger partial charge in [0.05, 0.1) is 0 Å². The van der Waals surface area contributed by atoms with Gasteiger partial charge in [-0.3, -0.25) is 4.90 Å². The van der Waals surface area contributed by atoms with E-state index >= 15 is 0 Å². The average molecular weight is 273 g/mol. The van der Waals surface area contributed by atoms with Crippen LogP contribution in [0.2, 0.25) is 0 Å². The Balaban J connectivity index is 1.48. The van der Waals surface area contributed by atoms with Gasteiger partial charge in [0.2, 0.25) is 0 Å². The van der Waals surface area contributed by atoms with Gasteiger partial charge in [-0.1, -0.05) is 29.8 Å². The van der Waals surface area contributed by atoms with Crippen LogP contribution >= 0.6 is 0 Å². The van der Waals surface area contributed by atoms with Gasteiger partial charge in [0.1, 0.15) is 0 Å². The Kier molecular flexibility index (Phi) is 4.39. The third-order valence-corrected chi connectivity index (χ3v) is 4.93. The van der Waals surface area contributed by atoms with Crippen LogP contribution in [0.4, 0.5) is 0 Å². The molecule has 3 heteroatoms. The second-order valence-electron chi connectivity index (χ2n) is 6.44. The van der Waals surface area contributed by atoms with E-state index in [4.69, 9.17) is 5.73 Å². The van der Waals surface area contributed by atoms with Crippen molar-refractivity contribution in [2.24, 2.45) is 5.73 Å². The zero-order valence-corrected chi connectivity index (χ0v) is 12.6. The molecule has 0 aromatic heterocycles. The fourth-order valence-electron chi connectivity index (χ4n) is 3.56. The predicted octanol–water partition coefficient (Wildman–Crippen LogP) is 2.16. The number of hydrogen-bond donors (Lipinski definition) is 1. The Labute approximate surface area is 122 Å². The molecule has 0 saturated carbocycles. The minimum absolute atomic E-state index is 0.178. The first-order valence-corrected chi connectivity index (χ1v) is 8.01. The maximum absolute atomic E-state index is 6.33. The summed E-state index contributed by atoms with van der Waals surface area (Å²) in [5, 5.41) is 0. The van der Waals surface area contributed by atoms with E-state index in [1.165, 1.54) is 50.1 Å². The Hall–Kier alpha value is -0.900. The number of nitrogens with zero attached hydrogens (tertiary/aromatic N) is 2. The van der Waals surface area contributed by atoms with Crippen LogP contribution in [0.1, 0.15) is 36.4 Å². The van der Waals surface area contributed by atoms with Crippen molar-refractivity contribution < 1.29 is 0 Å². The number of rotatable bonds is 4. The van der Waals surface area contributed by atoms with Gasteiger partial charge in [-0.05, 0) is 38.3 Å². The molecule has 1 aromatic carbocycles. The minimum Gasteiger partial charge on any atom is -0.324 e. The van der Waals surface area contributed by atoms with Crippen molar-refractivity contribution in [3.05, 3.63) is 35.4 Å². The SMILES string of the molecule is Cc1ccc(C(N)CCN2CCN3CCCC3C2)cc1. The molecule has 0 amide bonds. The van der Waals surface area contributed by atoms with Crippen LogP contribution in [0.25, 0.3) is 0 Å². The summed E-state index contributed by atoms with van der Waals surface area (Å²) in [4.78, 5) is 5.27. The van der Waals surface area contributed by atoms with Gasteiger partial charge in [-0.2, -0.15) is 0 Å². The Morgan fingerprint density at radius 3 is 2.80 bits per heavy atom. The second kappa shape index (κ2) is 6.25. The lowest BCUT2D eigenvalue weighted by atomic mass is 10.0. The summed E-state index contributed by atoms with van der Waals surface area (Å²) in [5.74, 6) is 0. The molecule has 2 unspecified atom stereocenters. The van der Waals surface area contributed by atoms with Gasteiger partial charge in [0.25, 0.3) is 0 Å². The molecule has 0 spiro atoms. The Morgan fingerprint density at radius 2 is 2.00 bits per heavy atom. The molecule has 0 aliphatic carbocycles. The van der Waals surface area contributed by atoms with E-state index in [-0.39, 0.29) is 6.04 Å². The molecule has 2 fully saturated rings. The van der Waals surface area contributed by atoms with Crippen molar-refractivity contribution in [3.8, 4) is 0 Å². The molecule has 2 aliphatic rings. The van der Waals surface area contributed by atoms with Crippen LogP contribution in [0.3, 0.4) is 0 Å². The smallest absolute Gasteiger partial charge is 0.0307 e.